The zero-order valence-electron chi connectivity index (χ0n) is 19.8. The summed E-state index contributed by atoms with van der Waals surface area (Å²) in [6, 6.07) is 8.26. The quantitative estimate of drug-likeness (QED) is 0.504. The minimum atomic E-state index is -0.0634. The molecule has 35 heavy (non-hydrogen) atoms. The summed E-state index contributed by atoms with van der Waals surface area (Å²) in [7, 11) is 0. The number of aromatic nitrogens is 2. The maximum absolute atomic E-state index is 13.2. The van der Waals surface area contributed by atoms with E-state index in [1.54, 1.807) is 4.90 Å². The summed E-state index contributed by atoms with van der Waals surface area (Å²) < 4.78 is 17.3. The summed E-state index contributed by atoms with van der Waals surface area (Å²) in [5.41, 5.74) is 3.12. The number of hydrogen-bond acceptors (Lipinski definition) is 7. The van der Waals surface area contributed by atoms with Gasteiger partial charge in [-0.15, -0.1) is 0 Å². The number of aromatic amines is 1. The number of anilines is 3. The summed E-state index contributed by atoms with van der Waals surface area (Å²) >= 11 is 0. The number of rotatable bonds is 5. The van der Waals surface area contributed by atoms with Crippen LogP contribution >= 0.6 is 0 Å². The predicted molar refractivity (Wildman–Crippen MR) is 134 cm³/mol. The van der Waals surface area contributed by atoms with Gasteiger partial charge in [0.2, 0.25) is 0 Å². The second-order valence-electron chi connectivity index (χ2n) is 9.32. The van der Waals surface area contributed by atoms with E-state index in [-0.39, 0.29) is 5.91 Å². The minimum absolute atomic E-state index is 0.0634. The first-order valence-electron chi connectivity index (χ1n) is 12.6. The smallest absolute Gasteiger partial charge is 0.257 e. The van der Waals surface area contributed by atoms with Gasteiger partial charge in [0.1, 0.15) is 24.7 Å². The molecule has 3 N–H and O–H groups in total. The Kier molecular flexibility index (Phi) is 6.08. The molecule has 4 heterocycles. The number of carbonyl (C=O) groups excluding carboxylic acids is 1. The summed E-state index contributed by atoms with van der Waals surface area (Å²) in [5.74, 6) is 1.66. The van der Waals surface area contributed by atoms with Crippen molar-refractivity contribution in [1.29, 1.82) is 0 Å². The van der Waals surface area contributed by atoms with Crippen LogP contribution in [0, 0.1) is 0 Å². The number of hydrogen-bond donors (Lipinski definition) is 3. The van der Waals surface area contributed by atoms with Gasteiger partial charge < -0.3 is 34.7 Å². The van der Waals surface area contributed by atoms with E-state index in [9.17, 15) is 4.79 Å². The highest BCUT2D eigenvalue weighted by Crippen LogP contribution is 2.42. The lowest BCUT2D eigenvalue weighted by Gasteiger charge is -2.29. The average molecular weight is 478 g/mol. The van der Waals surface area contributed by atoms with Crippen molar-refractivity contribution in [3.8, 4) is 11.5 Å². The highest BCUT2D eigenvalue weighted by molar-refractivity contribution is 5.99. The predicted octanol–water partition coefficient (Wildman–Crippen LogP) is 4.29. The molecule has 1 aromatic carbocycles. The van der Waals surface area contributed by atoms with Gasteiger partial charge in [-0.25, -0.2) is 4.98 Å². The van der Waals surface area contributed by atoms with E-state index in [2.05, 4.69) is 21.7 Å². The Hall–Kier alpha value is -3.46. The van der Waals surface area contributed by atoms with Crippen LogP contribution in [0.2, 0.25) is 0 Å². The van der Waals surface area contributed by atoms with E-state index in [1.165, 1.54) is 32.1 Å². The molecule has 2 fully saturated rings. The van der Waals surface area contributed by atoms with Crippen LogP contribution in [0.25, 0.3) is 11.0 Å². The standard InChI is InChI=1S/C26H31N5O4/c32-26(31-10-12-33-13-11-31)19-6-7-20(24-23(19)34-14-15-35-24)29-22-16-21(18-8-9-27-25(18)30-22)28-17-4-2-1-3-5-17/h6-9,16-17H,1-5,10-15H2,(H3,27,28,29,30). The van der Waals surface area contributed by atoms with E-state index in [0.29, 0.717) is 68.4 Å². The summed E-state index contributed by atoms with van der Waals surface area (Å²) in [5, 5.41) is 8.24. The van der Waals surface area contributed by atoms with Crippen LogP contribution in [-0.4, -0.2) is 66.3 Å². The molecule has 3 aliphatic rings. The SMILES string of the molecule is O=C(c1ccc(Nc2cc(NC3CCCCC3)c3cc[nH]c3n2)c2c1OCCO2)N1CCOCC1. The van der Waals surface area contributed by atoms with E-state index in [4.69, 9.17) is 19.2 Å². The van der Waals surface area contributed by atoms with Crippen LogP contribution in [0.3, 0.4) is 0 Å². The van der Waals surface area contributed by atoms with Crippen LogP contribution in [0.15, 0.2) is 30.5 Å². The molecule has 0 unspecified atom stereocenters. The molecule has 2 aromatic heterocycles. The van der Waals surface area contributed by atoms with Crippen LogP contribution < -0.4 is 20.1 Å². The molecule has 9 nitrogen and oxygen atoms in total. The number of morpholine rings is 1. The monoisotopic (exact) mass is 477 g/mol. The first-order valence-corrected chi connectivity index (χ1v) is 12.6. The highest BCUT2D eigenvalue weighted by Gasteiger charge is 2.28. The Bertz CT molecular complexity index is 1210. The molecule has 3 aromatic rings. The van der Waals surface area contributed by atoms with Crippen LogP contribution in [0.4, 0.5) is 17.2 Å². The normalized spacial score (nSPS) is 18.5. The van der Waals surface area contributed by atoms with Gasteiger partial charge >= 0.3 is 0 Å². The van der Waals surface area contributed by atoms with Crippen molar-refractivity contribution in [2.24, 2.45) is 0 Å². The summed E-state index contributed by atoms with van der Waals surface area (Å²) in [6.07, 6.45) is 8.14. The van der Waals surface area contributed by atoms with E-state index < -0.39 is 0 Å². The number of nitrogens with zero attached hydrogens (tertiary/aromatic N) is 2. The van der Waals surface area contributed by atoms with Gasteiger partial charge in [0.05, 0.1) is 24.5 Å². The Morgan fingerprint density at radius 1 is 0.971 bits per heavy atom. The minimum Gasteiger partial charge on any atom is -0.485 e. The molecule has 0 radical (unpaired) electrons. The first-order chi connectivity index (χ1) is 17.3. The number of carbonyl (C=O) groups is 1. The molecule has 1 saturated heterocycles. The molecule has 6 rings (SSSR count). The van der Waals surface area contributed by atoms with Crippen molar-refractivity contribution >= 4 is 34.1 Å². The zero-order valence-corrected chi connectivity index (χ0v) is 19.8. The molecular weight excluding hydrogens is 446 g/mol. The van der Waals surface area contributed by atoms with Crippen molar-refractivity contribution in [3.63, 3.8) is 0 Å². The molecule has 1 aliphatic carbocycles. The third-order valence-corrected chi connectivity index (χ3v) is 6.97. The molecule has 2 aliphatic heterocycles. The zero-order chi connectivity index (χ0) is 23.6. The first kappa shape index (κ1) is 22.0. The summed E-state index contributed by atoms with van der Waals surface area (Å²) in [6.45, 7) is 3.08. The van der Waals surface area contributed by atoms with Crippen molar-refractivity contribution in [2.45, 2.75) is 38.1 Å². The number of pyridine rings is 1. The fourth-order valence-electron chi connectivity index (χ4n) is 5.17. The van der Waals surface area contributed by atoms with E-state index in [0.717, 1.165) is 22.4 Å². The molecule has 0 atom stereocenters. The fourth-order valence-corrected chi connectivity index (χ4v) is 5.17. The average Bonchev–Trinajstić information content (AvgIpc) is 3.39. The number of H-pyrrole nitrogens is 1. The molecule has 1 amide bonds. The third-order valence-electron chi connectivity index (χ3n) is 6.97. The van der Waals surface area contributed by atoms with Crippen LogP contribution in [-0.2, 0) is 4.74 Å². The number of amides is 1. The van der Waals surface area contributed by atoms with E-state index >= 15 is 0 Å². The lowest BCUT2D eigenvalue weighted by molar-refractivity contribution is 0.0298. The Labute approximate surface area is 204 Å². The lowest BCUT2D eigenvalue weighted by Crippen LogP contribution is -2.41. The van der Waals surface area contributed by atoms with Crippen molar-refractivity contribution in [2.75, 3.05) is 50.2 Å². The second-order valence-corrected chi connectivity index (χ2v) is 9.32. The summed E-state index contributed by atoms with van der Waals surface area (Å²) in [4.78, 5) is 23.0. The van der Waals surface area contributed by atoms with E-state index in [1.807, 2.05) is 24.4 Å². The molecule has 0 spiro atoms. The number of fused-ring (bicyclic) bond motifs is 2. The fraction of sp³-hybridized carbons (Fsp3) is 0.462. The Balaban J connectivity index is 1.30. The molecule has 9 heteroatoms. The molecule has 0 bridgehead atoms. The maximum atomic E-state index is 13.2. The Morgan fingerprint density at radius 2 is 1.77 bits per heavy atom. The Morgan fingerprint density at radius 3 is 2.60 bits per heavy atom. The van der Waals surface area contributed by atoms with Crippen molar-refractivity contribution in [1.82, 2.24) is 14.9 Å². The van der Waals surface area contributed by atoms with Crippen LogP contribution in [0.5, 0.6) is 11.5 Å². The van der Waals surface area contributed by atoms with Gasteiger partial charge in [0, 0.05) is 42.5 Å². The second kappa shape index (κ2) is 9.65. The number of benzene rings is 1. The molecule has 184 valence electrons. The van der Waals surface area contributed by atoms with Gasteiger partial charge in [-0.1, -0.05) is 19.3 Å². The van der Waals surface area contributed by atoms with Gasteiger partial charge in [0.15, 0.2) is 11.5 Å². The van der Waals surface area contributed by atoms with Gasteiger partial charge in [0.25, 0.3) is 5.91 Å². The van der Waals surface area contributed by atoms with Crippen molar-refractivity contribution in [3.05, 3.63) is 36.0 Å². The third kappa shape index (κ3) is 4.48. The molecular formula is C26H31N5O4. The molecule has 1 saturated carbocycles. The largest absolute Gasteiger partial charge is 0.485 e. The van der Waals surface area contributed by atoms with Gasteiger partial charge in [-0.2, -0.15) is 0 Å². The van der Waals surface area contributed by atoms with Gasteiger partial charge in [-0.05, 0) is 31.0 Å². The maximum Gasteiger partial charge on any atom is 0.257 e. The van der Waals surface area contributed by atoms with Crippen LogP contribution in [0.1, 0.15) is 42.5 Å². The highest BCUT2D eigenvalue weighted by atomic mass is 16.6. The number of ether oxygens (including phenoxy) is 3. The topological polar surface area (TPSA) is 101 Å². The van der Waals surface area contributed by atoms with Gasteiger partial charge in [-0.3, -0.25) is 4.79 Å². The lowest BCUT2D eigenvalue weighted by atomic mass is 9.95. The number of nitrogens with one attached hydrogen (secondary N) is 3. The van der Waals surface area contributed by atoms with Crippen molar-refractivity contribution < 1.29 is 19.0 Å².